The third kappa shape index (κ3) is 2.05. The van der Waals surface area contributed by atoms with Gasteiger partial charge in [-0.3, -0.25) is 4.79 Å². The molecule has 0 aromatic heterocycles. The molecule has 0 N–H and O–H groups in total. The lowest BCUT2D eigenvalue weighted by Gasteiger charge is -2.35. The Kier molecular flexibility index (Phi) is 2.85. The minimum absolute atomic E-state index is 0.105. The Morgan fingerprint density at radius 2 is 2.33 bits per heavy atom. The van der Waals surface area contributed by atoms with Crippen LogP contribution in [0, 0.1) is 16.7 Å². The van der Waals surface area contributed by atoms with Gasteiger partial charge >= 0.3 is 0 Å². The second kappa shape index (κ2) is 3.54. The maximum absolute atomic E-state index is 10.8. The van der Waals surface area contributed by atoms with Gasteiger partial charge in [-0.25, -0.2) is 0 Å². The predicted molar refractivity (Wildman–Crippen MR) is 51.6 cm³/mol. The number of hydrogen-bond acceptors (Lipinski definition) is 3. The molecule has 0 spiro atoms. The van der Waals surface area contributed by atoms with Crippen molar-refractivity contribution in [2.75, 3.05) is 13.2 Å². The summed E-state index contributed by atoms with van der Waals surface area (Å²) in [5.41, 5.74) is 0.118. The van der Waals surface area contributed by atoms with Crippen molar-refractivity contribution < 1.29 is 9.53 Å². The molecule has 0 aromatic rings. The molecule has 64 valence electrons. The number of halogens is 1. The molecule has 0 unspecified atom stereocenters. The van der Waals surface area contributed by atoms with Gasteiger partial charge in [0.05, 0.1) is 13.2 Å². The fraction of sp³-hybridized carbons (Fsp3) is 0.500. The molecule has 4 heteroatoms. The average Bonchev–Trinajstić information content (AvgIpc) is 1.96. The third-order valence-electron chi connectivity index (χ3n) is 1.69. The number of rotatable bonds is 2. The molecule has 0 aliphatic carbocycles. The largest absolute Gasteiger partial charge is 0.379 e. The van der Waals surface area contributed by atoms with Crippen LogP contribution < -0.4 is 0 Å². The summed E-state index contributed by atoms with van der Waals surface area (Å²) in [4.78, 5) is 10.8. The van der Waals surface area contributed by atoms with Gasteiger partial charge in [0.2, 0.25) is 3.79 Å². The minimum Gasteiger partial charge on any atom is -0.379 e. The Labute approximate surface area is 84.5 Å². The van der Waals surface area contributed by atoms with Crippen LogP contribution in [0.1, 0.15) is 6.92 Å². The Bertz CT molecular complexity index is 273. The van der Waals surface area contributed by atoms with Crippen LogP contribution in [0.4, 0.5) is 0 Å². The van der Waals surface area contributed by atoms with Crippen LogP contribution >= 0.6 is 22.6 Å². The van der Waals surface area contributed by atoms with E-state index in [0.717, 1.165) is 0 Å². The van der Waals surface area contributed by atoms with E-state index in [0.29, 0.717) is 13.2 Å². The molecule has 0 bridgehead atoms. The van der Waals surface area contributed by atoms with Crippen molar-refractivity contribution in [1.29, 1.82) is 5.26 Å². The Morgan fingerprint density at radius 3 is 2.58 bits per heavy atom. The van der Waals surface area contributed by atoms with Gasteiger partial charge in [0.1, 0.15) is 11.6 Å². The second-order valence-corrected chi connectivity index (χ2v) is 4.07. The first kappa shape index (κ1) is 9.68. The molecule has 0 aromatic carbocycles. The van der Waals surface area contributed by atoms with Gasteiger partial charge in [-0.2, -0.15) is 5.26 Å². The number of carbonyl (C=O) groups is 1. The molecular weight excluding hydrogens is 269 g/mol. The van der Waals surface area contributed by atoms with Crippen molar-refractivity contribution in [2.45, 2.75) is 6.92 Å². The second-order valence-electron chi connectivity index (χ2n) is 3.09. The molecule has 3 nitrogen and oxygen atoms in total. The van der Waals surface area contributed by atoms with Gasteiger partial charge in [-0.15, -0.1) is 0 Å². The molecule has 1 aliphatic heterocycles. The summed E-state index contributed by atoms with van der Waals surface area (Å²) >= 11 is 1.61. The van der Waals surface area contributed by atoms with Crippen LogP contribution in [0.5, 0.6) is 0 Å². The standard InChI is InChI=1S/C8H8INO2/c1-8(4-12-5-8)2-6(3-10)7(9)11/h2H,4-5H2,1H3/b6-2+. The van der Waals surface area contributed by atoms with Crippen molar-refractivity contribution >= 4 is 26.4 Å². The number of allylic oxidation sites excluding steroid dienone is 1. The van der Waals surface area contributed by atoms with E-state index in [4.69, 9.17) is 10.00 Å². The predicted octanol–water partition coefficient (Wildman–Crippen LogP) is 1.43. The summed E-state index contributed by atoms with van der Waals surface area (Å²) in [5, 5.41) is 8.59. The summed E-state index contributed by atoms with van der Waals surface area (Å²) in [5.74, 6) is 0. The molecule has 1 saturated heterocycles. The Hall–Kier alpha value is -0.410. The van der Waals surface area contributed by atoms with Crippen molar-refractivity contribution in [3.63, 3.8) is 0 Å². The maximum atomic E-state index is 10.8. The number of hydrogen-bond donors (Lipinski definition) is 0. The monoisotopic (exact) mass is 277 g/mol. The summed E-state index contributed by atoms with van der Waals surface area (Å²) < 4.78 is 4.79. The number of ether oxygens (including phenoxy) is 1. The van der Waals surface area contributed by atoms with Crippen molar-refractivity contribution in [3.05, 3.63) is 11.6 Å². The molecule has 1 heterocycles. The first-order valence-corrected chi connectivity index (χ1v) is 4.56. The van der Waals surface area contributed by atoms with E-state index in [1.807, 2.05) is 13.0 Å². The van der Waals surface area contributed by atoms with Gasteiger partial charge < -0.3 is 4.74 Å². The minimum atomic E-state index is -0.205. The van der Waals surface area contributed by atoms with E-state index in [1.165, 1.54) is 0 Å². The van der Waals surface area contributed by atoms with Crippen LogP contribution in [0.25, 0.3) is 0 Å². The Balaban J connectivity index is 2.78. The zero-order valence-corrected chi connectivity index (χ0v) is 8.79. The normalized spacial score (nSPS) is 20.9. The van der Waals surface area contributed by atoms with E-state index < -0.39 is 0 Å². The van der Waals surface area contributed by atoms with Crippen LogP contribution in [0.15, 0.2) is 11.6 Å². The van der Waals surface area contributed by atoms with E-state index in [-0.39, 0.29) is 14.8 Å². The molecule has 0 atom stereocenters. The topological polar surface area (TPSA) is 50.1 Å². The first-order valence-electron chi connectivity index (χ1n) is 3.48. The fourth-order valence-electron chi connectivity index (χ4n) is 0.989. The number of nitriles is 1. The first-order chi connectivity index (χ1) is 5.57. The zero-order valence-electron chi connectivity index (χ0n) is 6.63. The summed E-state index contributed by atoms with van der Waals surface area (Å²) in [6.45, 7) is 3.16. The van der Waals surface area contributed by atoms with E-state index in [2.05, 4.69) is 0 Å². The molecular formula is C8H8INO2. The zero-order chi connectivity index (χ0) is 9.19. The smallest absolute Gasteiger partial charge is 0.232 e. The van der Waals surface area contributed by atoms with Gasteiger partial charge in [0.15, 0.2) is 0 Å². The van der Waals surface area contributed by atoms with Gasteiger partial charge in [-0.1, -0.05) is 13.0 Å². The highest BCUT2D eigenvalue weighted by molar-refractivity contribution is 14.1. The van der Waals surface area contributed by atoms with Gasteiger partial charge in [0, 0.05) is 28.0 Å². The molecule has 1 aliphatic rings. The molecule has 12 heavy (non-hydrogen) atoms. The van der Waals surface area contributed by atoms with Gasteiger partial charge in [0.25, 0.3) is 0 Å². The fourth-order valence-corrected chi connectivity index (χ4v) is 1.27. The highest BCUT2D eigenvalue weighted by Gasteiger charge is 2.32. The molecule has 0 saturated carbocycles. The number of nitrogens with zero attached hydrogens (tertiary/aromatic N) is 1. The van der Waals surface area contributed by atoms with Crippen molar-refractivity contribution in [3.8, 4) is 6.07 Å². The van der Waals surface area contributed by atoms with E-state index >= 15 is 0 Å². The van der Waals surface area contributed by atoms with Crippen LogP contribution in [0.2, 0.25) is 0 Å². The Morgan fingerprint density at radius 1 is 1.75 bits per heavy atom. The van der Waals surface area contributed by atoms with E-state index in [1.54, 1.807) is 28.7 Å². The van der Waals surface area contributed by atoms with Crippen LogP contribution in [-0.2, 0) is 9.53 Å². The maximum Gasteiger partial charge on any atom is 0.232 e. The van der Waals surface area contributed by atoms with Crippen molar-refractivity contribution in [2.24, 2.45) is 5.41 Å². The quantitative estimate of drug-likeness (QED) is 0.332. The SMILES string of the molecule is CC1(/C=C(\C#N)C(=O)I)COC1. The highest BCUT2D eigenvalue weighted by Crippen LogP contribution is 2.29. The van der Waals surface area contributed by atoms with Crippen molar-refractivity contribution in [1.82, 2.24) is 0 Å². The third-order valence-corrected chi connectivity index (χ3v) is 2.27. The molecule has 0 radical (unpaired) electrons. The molecule has 0 amide bonds. The lowest BCUT2D eigenvalue weighted by atomic mass is 9.87. The molecule has 1 rings (SSSR count). The van der Waals surface area contributed by atoms with Crippen LogP contribution in [-0.4, -0.2) is 17.0 Å². The lowest BCUT2D eigenvalue weighted by Crippen LogP contribution is -2.38. The summed E-state index contributed by atoms with van der Waals surface area (Å²) in [7, 11) is 0. The highest BCUT2D eigenvalue weighted by atomic mass is 127. The summed E-state index contributed by atoms with van der Waals surface area (Å²) in [6, 6.07) is 1.87. The van der Waals surface area contributed by atoms with Gasteiger partial charge in [-0.05, 0) is 0 Å². The summed E-state index contributed by atoms with van der Waals surface area (Å²) in [6.07, 6.45) is 1.70. The molecule has 1 fully saturated rings. The van der Waals surface area contributed by atoms with Crippen LogP contribution in [0.3, 0.4) is 0 Å². The number of carbonyl (C=O) groups excluding carboxylic acids is 1. The van der Waals surface area contributed by atoms with E-state index in [9.17, 15) is 4.79 Å². The lowest BCUT2D eigenvalue weighted by molar-refractivity contribution is -0.106. The average molecular weight is 277 g/mol.